The van der Waals surface area contributed by atoms with Crippen molar-refractivity contribution >= 4 is 0 Å². The lowest BCUT2D eigenvalue weighted by Gasteiger charge is -2.20. The van der Waals surface area contributed by atoms with Crippen molar-refractivity contribution in [1.29, 1.82) is 0 Å². The maximum absolute atomic E-state index is 6.12. The van der Waals surface area contributed by atoms with Gasteiger partial charge in [0.05, 0.1) is 0 Å². The number of allylic oxidation sites excluding steroid dienone is 1. The van der Waals surface area contributed by atoms with Crippen LogP contribution in [0.4, 0.5) is 0 Å². The van der Waals surface area contributed by atoms with Gasteiger partial charge in [-0.1, -0.05) is 38.1 Å². The Morgan fingerprint density at radius 3 is 2.89 bits per heavy atom. The van der Waals surface area contributed by atoms with E-state index in [-0.39, 0.29) is 6.10 Å². The van der Waals surface area contributed by atoms with Crippen LogP contribution in [0, 0.1) is 5.92 Å². The lowest BCUT2D eigenvalue weighted by molar-refractivity contribution is 0.227. The standard InChI is InChI=1S/C17H25NO/c1-14(2)12-18-13-15-8-6-7-11-17(15)19-16-9-4-3-5-10-16/h4,6-9,11,14,16,18H,3,5,10,12-13H2,1-2H3. The average molecular weight is 259 g/mol. The average Bonchev–Trinajstić information content (AvgIpc) is 2.41. The van der Waals surface area contributed by atoms with Gasteiger partial charge in [-0.15, -0.1) is 0 Å². The molecule has 0 aliphatic heterocycles. The first kappa shape index (κ1) is 14.1. The Morgan fingerprint density at radius 1 is 1.32 bits per heavy atom. The summed E-state index contributed by atoms with van der Waals surface area (Å²) in [4.78, 5) is 0. The molecule has 0 fully saturated rings. The molecule has 0 amide bonds. The van der Waals surface area contributed by atoms with Crippen LogP contribution in [-0.4, -0.2) is 12.6 Å². The number of para-hydroxylation sites is 1. The molecule has 1 aliphatic carbocycles. The highest BCUT2D eigenvalue weighted by atomic mass is 16.5. The van der Waals surface area contributed by atoms with Gasteiger partial charge >= 0.3 is 0 Å². The van der Waals surface area contributed by atoms with Gasteiger partial charge in [-0.05, 0) is 43.9 Å². The van der Waals surface area contributed by atoms with Gasteiger partial charge in [-0.25, -0.2) is 0 Å². The first-order valence-corrected chi connectivity index (χ1v) is 7.37. The summed E-state index contributed by atoms with van der Waals surface area (Å²) in [7, 11) is 0. The number of nitrogens with one attached hydrogen (secondary N) is 1. The van der Waals surface area contributed by atoms with Crippen molar-refractivity contribution < 1.29 is 4.74 Å². The summed E-state index contributed by atoms with van der Waals surface area (Å²) >= 11 is 0. The minimum atomic E-state index is 0.250. The summed E-state index contributed by atoms with van der Waals surface area (Å²) in [6, 6.07) is 8.35. The Hall–Kier alpha value is -1.28. The molecule has 1 aliphatic rings. The quantitative estimate of drug-likeness (QED) is 0.782. The predicted octanol–water partition coefficient (Wildman–Crippen LogP) is 3.92. The van der Waals surface area contributed by atoms with Crippen LogP contribution in [0.25, 0.3) is 0 Å². The molecule has 1 N–H and O–H groups in total. The van der Waals surface area contributed by atoms with Crippen LogP contribution in [-0.2, 0) is 6.54 Å². The van der Waals surface area contributed by atoms with Crippen LogP contribution in [0.3, 0.4) is 0 Å². The number of rotatable bonds is 6. The minimum Gasteiger partial charge on any atom is -0.486 e. The largest absolute Gasteiger partial charge is 0.486 e. The minimum absolute atomic E-state index is 0.250. The smallest absolute Gasteiger partial charge is 0.124 e. The van der Waals surface area contributed by atoms with Gasteiger partial charge in [0.25, 0.3) is 0 Å². The summed E-state index contributed by atoms with van der Waals surface area (Å²) in [6.45, 7) is 6.37. The van der Waals surface area contributed by atoms with Crippen LogP contribution in [0.5, 0.6) is 5.75 Å². The van der Waals surface area contributed by atoms with Gasteiger partial charge in [0.2, 0.25) is 0 Å². The molecule has 0 radical (unpaired) electrons. The fourth-order valence-electron chi connectivity index (χ4n) is 2.30. The molecular weight excluding hydrogens is 234 g/mol. The van der Waals surface area contributed by atoms with Crippen LogP contribution in [0.2, 0.25) is 0 Å². The van der Waals surface area contributed by atoms with Gasteiger partial charge in [0.1, 0.15) is 11.9 Å². The molecule has 1 unspecified atom stereocenters. The molecule has 0 saturated heterocycles. The zero-order valence-electron chi connectivity index (χ0n) is 12.1. The molecule has 0 aromatic heterocycles. The zero-order chi connectivity index (χ0) is 13.5. The molecule has 1 aromatic carbocycles. The maximum atomic E-state index is 6.12. The molecule has 2 heteroatoms. The normalized spacial score (nSPS) is 18.8. The monoisotopic (exact) mass is 259 g/mol. The maximum Gasteiger partial charge on any atom is 0.124 e. The van der Waals surface area contributed by atoms with E-state index in [1.165, 1.54) is 18.4 Å². The molecule has 2 rings (SSSR count). The van der Waals surface area contributed by atoms with E-state index in [2.05, 4.69) is 49.5 Å². The zero-order valence-corrected chi connectivity index (χ0v) is 12.1. The number of hydrogen-bond acceptors (Lipinski definition) is 2. The van der Waals surface area contributed by atoms with Gasteiger partial charge in [0.15, 0.2) is 0 Å². The summed E-state index contributed by atoms with van der Waals surface area (Å²) in [5.41, 5.74) is 1.25. The van der Waals surface area contributed by atoms with Crippen molar-refractivity contribution in [3.63, 3.8) is 0 Å². The van der Waals surface area contributed by atoms with Crippen molar-refractivity contribution in [3.8, 4) is 5.75 Å². The van der Waals surface area contributed by atoms with Crippen LogP contribution in [0.1, 0.15) is 38.7 Å². The third-order valence-electron chi connectivity index (χ3n) is 3.33. The topological polar surface area (TPSA) is 21.3 Å². The lowest BCUT2D eigenvalue weighted by Crippen LogP contribution is -2.21. The Morgan fingerprint density at radius 2 is 2.16 bits per heavy atom. The van der Waals surface area contributed by atoms with Crippen molar-refractivity contribution in [3.05, 3.63) is 42.0 Å². The second-order valence-electron chi connectivity index (χ2n) is 5.65. The molecule has 0 saturated carbocycles. The summed E-state index contributed by atoms with van der Waals surface area (Å²) in [6.07, 6.45) is 8.23. The van der Waals surface area contributed by atoms with Gasteiger partial charge < -0.3 is 10.1 Å². The Balaban J connectivity index is 1.95. The van der Waals surface area contributed by atoms with E-state index in [0.29, 0.717) is 5.92 Å². The molecule has 0 heterocycles. The van der Waals surface area contributed by atoms with E-state index in [0.717, 1.165) is 25.3 Å². The second kappa shape index (κ2) is 7.34. The van der Waals surface area contributed by atoms with Crippen molar-refractivity contribution in [2.24, 2.45) is 5.92 Å². The van der Waals surface area contributed by atoms with E-state index in [4.69, 9.17) is 4.74 Å². The molecule has 1 atom stereocenters. The van der Waals surface area contributed by atoms with Gasteiger partial charge in [-0.3, -0.25) is 0 Å². The first-order valence-electron chi connectivity index (χ1n) is 7.37. The molecule has 0 spiro atoms. The third-order valence-corrected chi connectivity index (χ3v) is 3.33. The van der Waals surface area contributed by atoms with E-state index in [9.17, 15) is 0 Å². The lowest BCUT2D eigenvalue weighted by atomic mass is 10.1. The SMILES string of the molecule is CC(C)CNCc1ccccc1OC1C=CCCC1. The summed E-state index contributed by atoms with van der Waals surface area (Å²) in [5.74, 6) is 1.70. The van der Waals surface area contributed by atoms with E-state index in [1.54, 1.807) is 0 Å². The Labute approximate surface area is 116 Å². The molecule has 2 nitrogen and oxygen atoms in total. The number of ether oxygens (including phenoxy) is 1. The van der Waals surface area contributed by atoms with E-state index < -0.39 is 0 Å². The van der Waals surface area contributed by atoms with Crippen molar-refractivity contribution in [2.75, 3.05) is 6.54 Å². The molecule has 104 valence electrons. The van der Waals surface area contributed by atoms with Crippen molar-refractivity contribution in [1.82, 2.24) is 5.32 Å². The highest BCUT2D eigenvalue weighted by molar-refractivity contribution is 5.33. The van der Waals surface area contributed by atoms with Gasteiger partial charge in [0, 0.05) is 12.1 Å². The summed E-state index contributed by atoms with van der Waals surface area (Å²) < 4.78 is 6.12. The Kier molecular flexibility index (Phi) is 5.46. The number of benzene rings is 1. The highest BCUT2D eigenvalue weighted by Crippen LogP contribution is 2.23. The summed E-state index contributed by atoms with van der Waals surface area (Å²) in [5, 5.41) is 3.48. The fourth-order valence-corrected chi connectivity index (χ4v) is 2.30. The first-order chi connectivity index (χ1) is 9.25. The number of hydrogen-bond donors (Lipinski definition) is 1. The molecule has 1 aromatic rings. The van der Waals surface area contributed by atoms with Gasteiger partial charge in [-0.2, -0.15) is 0 Å². The third kappa shape index (κ3) is 4.71. The van der Waals surface area contributed by atoms with E-state index >= 15 is 0 Å². The van der Waals surface area contributed by atoms with Crippen LogP contribution < -0.4 is 10.1 Å². The molecule has 0 bridgehead atoms. The predicted molar refractivity (Wildman–Crippen MR) is 80.4 cm³/mol. The van der Waals surface area contributed by atoms with Crippen LogP contribution >= 0.6 is 0 Å². The molecule has 19 heavy (non-hydrogen) atoms. The molecular formula is C17H25NO. The van der Waals surface area contributed by atoms with E-state index in [1.807, 2.05) is 6.07 Å². The Bertz CT molecular complexity index is 411. The highest BCUT2D eigenvalue weighted by Gasteiger charge is 2.12. The van der Waals surface area contributed by atoms with Crippen molar-refractivity contribution in [2.45, 2.75) is 45.8 Å². The van der Waals surface area contributed by atoms with Crippen LogP contribution in [0.15, 0.2) is 36.4 Å². The second-order valence-corrected chi connectivity index (χ2v) is 5.65. The fraction of sp³-hybridized carbons (Fsp3) is 0.529.